The van der Waals surface area contributed by atoms with Crippen molar-refractivity contribution in [2.75, 3.05) is 18.5 Å². The highest BCUT2D eigenvalue weighted by molar-refractivity contribution is 5.99. The fourth-order valence-electron chi connectivity index (χ4n) is 2.65. The van der Waals surface area contributed by atoms with Gasteiger partial charge in [0.2, 0.25) is 5.91 Å². The molecule has 1 N–H and O–H groups in total. The molecule has 6 nitrogen and oxygen atoms in total. The number of nitrogens with one attached hydrogen (secondary N) is 1. The molecule has 6 heteroatoms. The van der Waals surface area contributed by atoms with Gasteiger partial charge in [0.1, 0.15) is 5.75 Å². The topological polar surface area (TPSA) is 81.7 Å². The number of esters is 1. The number of hydrogen-bond acceptors (Lipinski definition) is 5. The molecule has 0 aliphatic rings. The largest absolute Gasteiger partial charge is 0.493 e. The van der Waals surface area contributed by atoms with Crippen molar-refractivity contribution >= 4 is 29.4 Å². The maximum Gasteiger partial charge on any atom is 0.331 e. The van der Waals surface area contributed by atoms with E-state index in [2.05, 4.69) is 5.32 Å². The molecule has 0 aromatic heterocycles. The van der Waals surface area contributed by atoms with Crippen molar-refractivity contribution in [3.63, 3.8) is 0 Å². The molecule has 0 saturated carbocycles. The number of amides is 1. The van der Waals surface area contributed by atoms with E-state index in [9.17, 15) is 14.4 Å². The molecular weight excluding hydrogens is 382 g/mol. The van der Waals surface area contributed by atoms with Gasteiger partial charge >= 0.3 is 5.97 Å². The molecule has 0 unspecified atom stereocenters. The van der Waals surface area contributed by atoms with Crippen molar-refractivity contribution < 1.29 is 23.9 Å². The Hall–Kier alpha value is -3.41. The first kappa shape index (κ1) is 22.9. The summed E-state index contributed by atoms with van der Waals surface area (Å²) in [4.78, 5) is 36.0. The van der Waals surface area contributed by atoms with Crippen LogP contribution in [0.2, 0.25) is 0 Å². The lowest BCUT2D eigenvalue weighted by molar-refractivity contribution is -0.136. The van der Waals surface area contributed by atoms with Crippen LogP contribution in [0.1, 0.15) is 43.1 Å². The molecule has 2 aromatic carbocycles. The zero-order valence-electron chi connectivity index (χ0n) is 17.5. The van der Waals surface area contributed by atoms with Gasteiger partial charge in [-0.05, 0) is 49.2 Å². The third-order valence-corrected chi connectivity index (χ3v) is 4.05. The highest BCUT2D eigenvalue weighted by Gasteiger charge is 2.10. The van der Waals surface area contributed by atoms with Gasteiger partial charge in [0.05, 0.1) is 6.61 Å². The minimum Gasteiger partial charge on any atom is -0.493 e. The van der Waals surface area contributed by atoms with Crippen LogP contribution in [0, 0.1) is 5.92 Å². The zero-order chi connectivity index (χ0) is 21.9. The number of para-hydroxylation sites is 1. The van der Waals surface area contributed by atoms with E-state index in [0.29, 0.717) is 30.0 Å². The van der Waals surface area contributed by atoms with Crippen molar-refractivity contribution in [2.45, 2.75) is 27.2 Å². The molecule has 158 valence electrons. The lowest BCUT2D eigenvalue weighted by Crippen LogP contribution is -2.14. The summed E-state index contributed by atoms with van der Waals surface area (Å²) in [5, 5.41) is 2.78. The van der Waals surface area contributed by atoms with Gasteiger partial charge < -0.3 is 14.8 Å². The Morgan fingerprint density at radius 3 is 2.40 bits per heavy atom. The number of ketones is 1. The van der Waals surface area contributed by atoms with Crippen LogP contribution in [0.3, 0.4) is 0 Å². The quantitative estimate of drug-likeness (QED) is 0.355. The molecule has 0 heterocycles. The van der Waals surface area contributed by atoms with Gasteiger partial charge in [0.15, 0.2) is 12.4 Å². The number of hydrogen-bond donors (Lipinski definition) is 1. The SMILES string of the molecule is CCOc1ccccc1/C=C/C(=O)OCC(=O)c1ccc(NC(=O)CC(C)C)cc1. The first-order valence-corrected chi connectivity index (χ1v) is 9.88. The van der Waals surface area contributed by atoms with Crippen LogP contribution in [-0.2, 0) is 14.3 Å². The Kier molecular flexibility index (Phi) is 8.81. The molecule has 2 aromatic rings. The first-order chi connectivity index (χ1) is 14.4. The summed E-state index contributed by atoms with van der Waals surface area (Å²) >= 11 is 0. The molecule has 0 bridgehead atoms. The second-order valence-electron chi connectivity index (χ2n) is 7.06. The lowest BCUT2D eigenvalue weighted by Gasteiger charge is -2.08. The van der Waals surface area contributed by atoms with Crippen LogP contribution in [-0.4, -0.2) is 30.9 Å². The number of rotatable bonds is 10. The van der Waals surface area contributed by atoms with Gasteiger partial charge in [-0.1, -0.05) is 32.0 Å². The summed E-state index contributed by atoms with van der Waals surface area (Å²) in [5.41, 5.74) is 1.76. The van der Waals surface area contributed by atoms with Crippen molar-refractivity contribution in [2.24, 2.45) is 5.92 Å². The normalized spacial score (nSPS) is 10.8. The van der Waals surface area contributed by atoms with Crippen LogP contribution >= 0.6 is 0 Å². The standard InChI is InChI=1S/C24H27NO5/c1-4-29-22-8-6-5-7-19(22)11-14-24(28)30-16-21(26)18-9-12-20(13-10-18)25-23(27)15-17(2)3/h5-14,17H,4,15-16H2,1-3H3,(H,25,27)/b14-11+. The van der Waals surface area contributed by atoms with E-state index in [4.69, 9.17) is 9.47 Å². The molecule has 0 saturated heterocycles. The monoisotopic (exact) mass is 409 g/mol. The Bertz CT molecular complexity index is 900. The Balaban J connectivity index is 1.86. The van der Waals surface area contributed by atoms with E-state index in [0.717, 1.165) is 5.56 Å². The van der Waals surface area contributed by atoms with Gasteiger partial charge in [-0.3, -0.25) is 9.59 Å². The average molecular weight is 409 g/mol. The van der Waals surface area contributed by atoms with Crippen molar-refractivity contribution in [1.82, 2.24) is 0 Å². The molecule has 0 aliphatic carbocycles. The molecule has 0 radical (unpaired) electrons. The molecular formula is C24H27NO5. The Morgan fingerprint density at radius 1 is 1.03 bits per heavy atom. The second kappa shape index (κ2) is 11.6. The van der Waals surface area contributed by atoms with Crippen molar-refractivity contribution in [3.05, 3.63) is 65.7 Å². The Morgan fingerprint density at radius 2 is 1.73 bits per heavy atom. The van der Waals surface area contributed by atoms with Gasteiger partial charge in [-0.25, -0.2) is 4.79 Å². The predicted octanol–water partition coefficient (Wildman–Crippen LogP) is 4.51. The van der Waals surface area contributed by atoms with Gasteiger partial charge in [-0.15, -0.1) is 0 Å². The molecule has 0 atom stereocenters. The number of carbonyl (C=O) groups is 3. The van der Waals surface area contributed by atoms with Crippen LogP contribution in [0.5, 0.6) is 5.75 Å². The third kappa shape index (κ3) is 7.54. The van der Waals surface area contributed by atoms with E-state index in [-0.39, 0.29) is 24.2 Å². The number of carbonyl (C=O) groups excluding carboxylic acids is 3. The lowest BCUT2D eigenvalue weighted by atomic mass is 10.1. The molecule has 30 heavy (non-hydrogen) atoms. The maximum atomic E-state index is 12.2. The number of anilines is 1. The fraction of sp³-hybridized carbons (Fsp3) is 0.292. The van der Waals surface area contributed by atoms with Gasteiger partial charge in [0, 0.05) is 29.3 Å². The van der Waals surface area contributed by atoms with Crippen LogP contribution in [0.4, 0.5) is 5.69 Å². The summed E-state index contributed by atoms with van der Waals surface area (Å²) in [7, 11) is 0. The smallest absolute Gasteiger partial charge is 0.331 e. The molecule has 0 spiro atoms. The summed E-state index contributed by atoms with van der Waals surface area (Å²) in [6.07, 6.45) is 3.28. The fourth-order valence-corrected chi connectivity index (χ4v) is 2.65. The summed E-state index contributed by atoms with van der Waals surface area (Å²) in [5.74, 6) is -0.0858. The summed E-state index contributed by atoms with van der Waals surface area (Å²) in [6.45, 7) is 5.97. The molecule has 0 aliphatic heterocycles. The highest BCUT2D eigenvalue weighted by atomic mass is 16.5. The maximum absolute atomic E-state index is 12.2. The van der Waals surface area contributed by atoms with Crippen molar-refractivity contribution in [3.8, 4) is 5.75 Å². The summed E-state index contributed by atoms with van der Waals surface area (Å²) in [6, 6.07) is 13.8. The van der Waals surface area contributed by atoms with Crippen LogP contribution < -0.4 is 10.1 Å². The van der Waals surface area contributed by atoms with E-state index in [1.807, 2.05) is 45.0 Å². The molecule has 1 amide bonds. The van der Waals surface area contributed by atoms with Gasteiger partial charge in [0.25, 0.3) is 0 Å². The zero-order valence-corrected chi connectivity index (χ0v) is 17.5. The molecule has 0 fully saturated rings. The number of benzene rings is 2. The molecule has 2 rings (SSSR count). The van der Waals surface area contributed by atoms with E-state index >= 15 is 0 Å². The van der Waals surface area contributed by atoms with Crippen LogP contribution in [0.25, 0.3) is 6.08 Å². The third-order valence-electron chi connectivity index (χ3n) is 4.05. The predicted molar refractivity (Wildman–Crippen MR) is 116 cm³/mol. The van der Waals surface area contributed by atoms with Gasteiger partial charge in [-0.2, -0.15) is 0 Å². The van der Waals surface area contributed by atoms with Crippen molar-refractivity contribution in [1.29, 1.82) is 0 Å². The summed E-state index contributed by atoms with van der Waals surface area (Å²) < 4.78 is 10.5. The second-order valence-corrected chi connectivity index (χ2v) is 7.06. The number of ether oxygens (including phenoxy) is 2. The minimum absolute atomic E-state index is 0.0734. The van der Waals surface area contributed by atoms with Crippen LogP contribution in [0.15, 0.2) is 54.6 Å². The average Bonchev–Trinajstić information content (AvgIpc) is 2.71. The van der Waals surface area contributed by atoms with E-state index in [1.54, 1.807) is 30.3 Å². The van der Waals surface area contributed by atoms with E-state index in [1.165, 1.54) is 6.08 Å². The minimum atomic E-state index is -0.618. The highest BCUT2D eigenvalue weighted by Crippen LogP contribution is 2.19. The Labute approximate surface area is 176 Å². The number of Topliss-reactive ketones (excluding diaryl/α,β-unsaturated/α-hetero) is 1. The van der Waals surface area contributed by atoms with E-state index < -0.39 is 5.97 Å². The first-order valence-electron chi connectivity index (χ1n) is 9.88.